The molecule has 0 fully saturated rings. The Labute approximate surface area is 115 Å². The highest BCUT2D eigenvalue weighted by Crippen LogP contribution is 2.33. The van der Waals surface area contributed by atoms with Gasteiger partial charge in [0.15, 0.2) is 11.6 Å². The van der Waals surface area contributed by atoms with E-state index in [1.807, 2.05) is 0 Å². The average Bonchev–Trinajstić information content (AvgIpc) is 2.40. The lowest BCUT2D eigenvalue weighted by Gasteiger charge is -2.10. The van der Waals surface area contributed by atoms with Gasteiger partial charge in [-0.05, 0) is 29.8 Å². The molecule has 0 bridgehead atoms. The van der Waals surface area contributed by atoms with E-state index in [1.165, 1.54) is 0 Å². The predicted octanol–water partition coefficient (Wildman–Crippen LogP) is 4.35. The molecular formula is C14H7F5O2. The number of hydrogen-bond donors (Lipinski definition) is 1. The van der Waals surface area contributed by atoms with E-state index in [-0.39, 0.29) is 5.56 Å². The van der Waals surface area contributed by atoms with E-state index in [4.69, 9.17) is 5.11 Å². The van der Waals surface area contributed by atoms with Gasteiger partial charge in [0, 0.05) is 5.56 Å². The Bertz CT molecular complexity index is 707. The summed E-state index contributed by atoms with van der Waals surface area (Å²) in [5, 5.41) is 8.79. The second kappa shape index (κ2) is 5.16. The van der Waals surface area contributed by atoms with Crippen LogP contribution in [0.1, 0.15) is 15.9 Å². The van der Waals surface area contributed by atoms with Gasteiger partial charge >= 0.3 is 12.1 Å². The number of aromatic carboxylic acids is 1. The zero-order valence-electron chi connectivity index (χ0n) is 10.2. The Morgan fingerprint density at radius 3 is 2.29 bits per heavy atom. The Hall–Kier alpha value is -2.44. The lowest BCUT2D eigenvalue weighted by Crippen LogP contribution is -2.05. The topological polar surface area (TPSA) is 37.3 Å². The largest absolute Gasteiger partial charge is 0.478 e. The van der Waals surface area contributed by atoms with Gasteiger partial charge in [0.25, 0.3) is 0 Å². The van der Waals surface area contributed by atoms with Crippen LogP contribution in [0.25, 0.3) is 11.1 Å². The van der Waals surface area contributed by atoms with Gasteiger partial charge in [-0.3, -0.25) is 0 Å². The summed E-state index contributed by atoms with van der Waals surface area (Å²) in [5.41, 5.74) is -2.40. The first-order chi connectivity index (χ1) is 9.70. The molecular weight excluding hydrogens is 295 g/mol. The van der Waals surface area contributed by atoms with Gasteiger partial charge in [0.05, 0.1) is 11.1 Å². The van der Waals surface area contributed by atoms with Crippen molar-refractivity contribution in [3.05, 3.63) is 59.2 Å². The average molecular weight is 302 g/mol. The van der Waals surface area contributed by atoms with Gasteiger partial charge < -0.3 is 5.11 Å². The highest BCUT2D eigenvalue weighted by Gasteiger charge is 2.30. The summed E-state index contributed by atoms with van der Waals surface area (Å²) in [6, 6.07) is 4.83. The third kappa shape index (κ3) is 3.01. The fraction of sp³-hybridized carbons (Fsp3) is 0.0714. The number of carboxylic acid groups (broad SMARTS) is 1. The molecule has 2 aromatic carbocycles. The normalized spacial score (nSPS) is 11.5. The Morgan fingerprint density at radius 2 is 1.71 bits per heavy atom. The van der Waals surface area contributed by atoms with Gasteiger partial charge in [-0.15, -0.1) is 0 Å². The van der Waals surface area contributed by atoms with E-state index in [9.17, 15) is 26.7 Å². The van der Waals surface area contributed by atoms with Crippen molar-refractivity contribution in [2.75, 3.05) is 0 Å². The number of carbonyl (C=O) groups is 1. The molecule has 0 spiro atoms. The van der Waals surface area contributed by atoms with Gasteiger partial charge in [0.1, 0.15) is 0 Å². The number of halogens is 5. The maximum Gasteiger partial charge on any atom is 0.416 e. The lowest BCUT2D eigenvalue weighted by molar-refractivity contribution is -0.137. The van der Waals surface area contributed by atoms with Crippen LogP contribution in [0.3, 0.4) is 0 Å². The minimum absolute atomic E-state index is 0.260. The molecule has 0 amide bonds. The molecule has 21 heavy (non-hydrogen) atoms. The first kappa shape index (κ1) is 15.0. The quantitative estimate of drug-likeness (QED) is 0.837. The van der Waals surface area contributed by atoms with Crippen LogP contribution in [0, 0.1) is 11.6 Å². The minimum atomic E-state index is -4.64. The second-order valence-corrected chi connectivity index (χ2v) is 4.20. The van der Waals surface area contributed by atoms with Gasteiger partial charge in [-0.25, -0.2) is 13.6 Å². The van der Waals surface area contributed by atoms with Crippen molar-refractivity contribution in [2.45, 2.75) is 6.18 Å². The highest BCUT2D eigenvalue weighted by molar-refractivity contribution is 5.89. The van der Waals surface area contributed by atoms with Crippen molar-refractivity contribution in [2.24, 2.45) is 0 Å². The molecule has 0 radical (unpaired) electrons. The number of rotatable bonds is 2. The van der Waals surface area contributed by atoms with Crippen LogP contribution in [-0.2, 0) is 6.18 Å². The molecule has 0 unspecified atom stereocenters. The summed E-state index contributed by atoms with van der Waals surface area (Å²) in [7, 11) is 0. The Balaban J connectivity index is 2.64. The summed E-state index contributed by atoms with van der Waals surface area (Å²) in [5.74, 6) is -4.36. The fourth-order valence-corrected chi connectivity index (χ4v) is 1.79. The highest BCUT2D eigenvalue weighted by atomic mass is 19.4. The van der Waals surface area contributed by atoms with Crippen molar-refractivity contribution in [3.63, 3.8) is 0 Å². The van der Waals surface area contributed by atoms with Crippen LogP contribution < -0.4 is 0 Å². The summed E-state index contributed by atoms with van der Waals surface area (Å²) in [6.07, 6.45) is -4.64. The molecule has 0 atom stereocenters. The predicted molar refractivity (Wildman–Crippen MR) is 63.8 cm³/mol. The standard InChI is InChI=1S/C14H7F5O2/c15-11-6-8(13(20)21)5-10(12(11)16)7-2-1-3-9(4-7)14(17,18)19/h1-6H,(H,20,21). The molecule has 0 saturated heterocycles. The maximum absolute atomic E-state index is 13.7. The maximum atomic E-state index is 13.7. The van der Waals surface area contributed by atoms with Gasteiger partial charge in [-0.2, -0.15) is 13.2 Å². The molecule has 7 heteroatoms. The monoisotopic (exact) mass is 302 g/mol. The molecule has 0 aliphatic carbocycles. The van der Waals surface area contributed by atoms with Gasteiger partial charge in [-0.1, -0.05) is 12.1 Å². The van der Waals surface area contributed by atoms with E-state index in [2.05, 4.69) is 0 Å². The first-order valence-electron chi connectivity index (χ1n) is 5.60. The molecule has 0 aromatic heterocycles. The number of benzene rings is 2. The summed E-state index contributed by atoms with van der Waals surface area (Å²) >= 11 is 0. The fourth-order valence-electron chi connectivity index (χ4n) is 1.79. The van der Waals surface area contributed by atoms with Crippen LogP contribution in [0.4, 0.5) is 22.0 Å². The van der Waals surface area contributed by atoms with Crippen molar-refractivity contribution < 1.29 is 31.9 Å². The Morgan fingerprint density at radius 1 is 1.05 bits per heavy atom. The van der Waals surface area contributed by atoms with Crippen molar-refractivity contribution in [1.29, 1.82) is 0 Å². The van der Waals surface area contributed by atoms with Gasteiger partial charge in [0.2, 0.25) is 0 Å². The molecule has 0 heterocycles. The van der Waals surface area contributed by atoms with Crippen molar-refractivity contribution >= 4 is 5.97 Å². The molecule has 1 N–H and O–H groups in total. The molecule has 2 nitrogen and oxygen atoms in total. The smallest absolute Gasteiger partial charge is 0.416 e. The van der Waals surface area contributed by atoms with E-state index in [0.717, 1.165) is 24.3 Å². The molecule has 0 aliphatic heterocycles. The number of carboxylic acids is 1. The van der Waals surface area contributed by atoms with Crippen molar-refractivity contribution in [1.82, 2.24) is 0 Å². The van der Waals surface area contributed by atoms with Crippen LogP contribution in [0.5, 0.6) is 0 Å². The van der Waals surface area contributed by atoms with E-state index < -0.39 is 40.5 Å². The molecule has 2 rings (SSSR count). The van der Waals surface area contributed by atoms with Crippen LogP contribution in [0.15, 0.2) is 36.4 Å². The molecule has 2 aromatic rings. The molecule has 0 aliphatic rings. The third-order valence-electron chi connectivity index (χ3n) is 2.78. The summed E-state index contributed by atoms with van der Waals surface area (Å²) < 4.78 is 64.9. The zero-order chi connectivity index (χ0) is 15.8. The first-order valence-corrected chi connectivity index (χ1v) is 5.60. The Kier molecular flexibility index (Phi) is 3.67. The summed E-state index contributed by atoms with van der Waals surface area (Å²) in [4.78, 5) is 10.8. The second-order valence-electron chi connectivity index (χ2n) is 4.20. The van der Waals surface area contributed by atoms with Crippen LogP contribution >= 0.6 is 0 Å². The third-order valence-corrected chi connectivity index (χ3v) is 2.78. The van der Waals surface area contributed by atoms with Crippen molar-refractivity contribution in [3.8, 4) is 11.1 Å². The van der Waals surface area contributed by atoms with E-state index in [1.54, 1.807) is 0 Å². The van der Waals surface area contributed by atoms with E-state index >= 15 is 0 Å². The molecule has 110 valence electrons. The van der Waals surface area contributed by atoms with E-state index in [0.29, 0.717) is 12.1 Å². The molecule has 0 saturated carbocycles. The number of hydrogen-bond acceptors (Lipinski definition) is 1. The zero-order valence-corrected chi connectivity index (χ0v) is 10.2. The summed E-state index contributed by atoms with van der Waals surface area (Å²) in [6.45, 7) is 0. The SMILES string of the molecule is O=C(O)c1cc(F)c(F)c(-c2cccc(C(F)(F)F)c2)c1. The number of alkyl halides is 3. The lowest BCUT2D eigenvalue weighted by atomic mass is 10.00. The minimum Gasteiger partial charge on any atom is -0.478 e. The van der Waals surface area contributed by atoms with Crippen LogP contribution in [0.2, 0.25) is 0 Å². The van der Waals surface area contributed by atoms with Crippen LogP contribution in [-0.4, -0.2) is 11.1 Å².